The third kappa shape index (κ3) is 20.9. The molecule has 18 atom stereocenters. The van der Waals surface area contributed by atoms with E-state index in [0.717, 1.165) is 32.1 Å². The van der Waals surface area contributed by atoms with Crippen LogP contribution in [-0.4, -0.2) is 238 Å². The van der Waals surface area contributed by atoms with Gasteiger partial charge in [-0.1, -0.05) is 21.3 Å². The molecule has 5 heterocycles. The lowest BCUT2D eigenvalue weighted by Crippen LogP contribution is -2.63. The minimum absolute atomic E-state index is 0. The van der Waals surface area contributed by atoms with E-state index in [2.05, 4.69) is 23.3 Å². The molecule has 15 N–H and O–H groups in total. The monoisotopic (exact) mass is 945 g/mol. The lowest BCUT2D eigenvalue weighted by molar-refractivity contribution is -0.351. The first kappa shape index (κ1) is 64.7. The fourth-order valence-corrected chi connectivity index (χ4v) is 7.56. The maximum atomic E-state index is 10.6. The topological polar surface area (TPSA) is 386 Å². The van der Waals surface area contributed by atoms with Crippen LogP contribution in [0.4, 0.5) is 0 Å². The normalized spacial score (nSPS) is 39.9. The zero-order chi connectivity index (χ0) is 46.0. The molecule has 0 aromatic heterocycles. The van der Waals surface area contributed by atoms with Crippen LogP contribution in [-0.2, 0) is 47.4 Å². The standard InChI is InChI=1S/C18H32O8.C8H14O5.C6H12O4.C6H12O3.C2H6O.CH4.2H2O/c1-8-15(12(20)14(22)16(23-4)24-8)26-17-13(21)11(19)9-7-18(2,3)6-5-10(9)25-17;1-5(9)13-4-7-8(11)6(10)2-3-12-7;7-2-4-1-5(8)6(9)3-10-4;7-3-6-2-1-5(8)4-9-6;1-3-2;;;/h8-17,19-22H,5-7H2,1-4H3;6-8,10-11H,2-4H2,1H3;4-9H,1-3H2;5-8H,1-4H2;1-2H3;1H4;2*1H2/t8?,9-,10?,11-,12+,13?,14?,15-,16-,17+;6-,7?,8-;4?,5-,6?;;;;;/m101...../s1. The second kappa shape index (κ2) is 32.4. The van der Waals surface area contributed by atoms with Gasteiger partial charge in [-0.15, -0.1) is 0 Å². The first-order chi connectivity index (χ1) is 28.7. The highest BCUT2D eigenvalue weighted by molar-refractivity contribution is 5.65. The van der Waals surface area contributed by atoms with E-state index in [4.69, 9.17) is 58.7 Å². The molecule has 23 nitrogen and oxygen atoms in total. The first-order valence-corrected chi connectivity index (χ1v) is 21.0. The molecule has 0 amide bonds. The summed E-state index contributed by atoms with van der Waals surface area (Å²) >= 11 is 0. The predicted octanol–water partition coefficient (Wildman–Crippen LogP) is -3.92. The molecule has 386 valence electrons. The van der Waals surface area contributed by atoms with Crippen molar-refractivity contribution in [1.82, 2.24) is 0 Å². The Hall–Kier alpha value is -1.37. The molecule has 0 aromatic rings. The summed E-state index contributed by atoms with van der Waals surface area (Å²) in [6.45, 7) is 8.12. The number of hydrogen-bond donors (Lipinski definition) is 11. The summed E-state index contributed by atoms with van der Waals surface area (Å²) in [7, 11) is 4.63. The number of carbonyl (C=O) groups is 1. The Kier molecular flexibility index (Phi) is 32.8. The second-order valence-electron chi connectivity index (χ2n) is 17.0. The number of esters is 1. The van der Waals surface area contributed by atoms with E-state index in [1.54, 1.807) is 21.1 Å². The van der Waals surface area contributed by atoms with Crippen LogP contribution in [0.25, 0.3) is 0 Å². The Bertz CT molecular complexity index is 1180. The van der Waals surface area contributed by atoms with Crippen LogP contribution < -0.4 is 0 Å². The molecule has 5 aliphatic heterocycles. The summed E-state index contributed by atoms with van der Waals surface area (Å²) in [5.74, 6) is -0.571. The molecule has 6 fully saturated rings. The maximum absolute atomic E-state index is 10.6. The molecule has 64 heavy (non-hydrogen) atoms. The van der Waals surface area contributed by atoms with Crippen molar-refractivity contribution in [3.63, 3.8) is 0 Å². The number of ether oxygens (including phenoxy) is 9. The lowest BCUT2D eigenvalue weighted by Gasteiger charge is -2.50. The Morgan fingerprint density at radius 2 is 1.30 bits per heavy atom. The Balaban J connectivity index is 0. The van der Waals surface area contributed by atoms with Gasteiger partial charge < -0.3 is 110 Å². The highest BCUT2D eigenvalue weighted by Gasteiger charge is 2.52. The van der Waals surface area contributed by atoms with E-state index in [1.807, 2.05) is 0 Å². The molecule has 23 heteroatoms. The maximum Gasteiger partial charge on any atom is 0.302 e. The molecule has 0 radical (unpaired) electrons. The average Bonchev–Trinajstić information content (AvgIpc) is 3.22. The van der Waals surface area contributed by atoms with Gasteiger partial charge >= 0.3 is 5.97 Å². The van der Waals surface area contributed by atoms with Gasteiger partial charge in [-0.2, -0.15) is 0 Å². The van der Waals surface area contributed by atoms with Crippen molar-refractivity contribution in [3.8, 4) is 0 Å². The number of aliphatic hydroxyl groups is 11. The van der Waals surface area contributed by atoms with Gasteiger partial charge in [0.1, 0.15) is 49.3 Å². The smallest absolute Gasteiger partial charge is 0.302 e. The summed E-state index contributed by atoms with van der Waals surface area (Å²) in [5, 5.41) is 104. The zero-order valence-corrected chi connectivity index (χ0v) is 37.6. The number of fused-ring (bicyclic) bond motifs is 1. The first-order valence-electron chi connectivity index (χ1n) is 21.0. The van der Waals surface area contributed by atoms with Gasteiger partial charge in [0, 0.05) is 47.2 Å². The number of hydrogen-bond acceptors (Lipinski definition) is 21. The van der Waals surface area contributed by atoms with Gasteiger partial charge in [0.15, 0.2) is 12.6 Å². The van der Waals surface area contributed by atoms with Crippen LogP contribution in [0.3, 0.4) is 0 Å². The molecule has 0 aromatic carbocycles. The SMILES string of the molecule is C.CC(=O)OCC1OCC[C@H](O)[C@@H]1O.COC.CO[C@@H]1OC(C)[C@@H](O[C@@H]2OC3CCC(C)(C)C[C@H]3[C@@H](O)C2O)[C@@H](O)C1O.O.O.OCC1CCC(O)CO1.OCC1C[C@@H](O)C(O)CO1. The molecule has 9 unspecified atom stereocenters. The summed E-state index contributed by atoms with van der Waals surface area (Å²) in [5.41, 5.74) is 0.0973. The van der Waals surface area contributed by atoms with Gasteiger partial charge in [0.25, 0.3) is 0 Å². The average molecular weight is 945 g/mol. The quantitative estimate of drug-likeness (QED) is 0.109. The highest BCUT2D eigenvalue weighted by atomic mass is 16.7. The fourth-order valence-electron chi connectivity index (χ4n) is 7.56. The van der Waals surface area contributed by atoms with Crippen molar-refractivity contribution >= 4 is 5.97 Å². The Morgan fingerprint density at radius 3 is 1.83 bits per heavy atom. The molecular formula is C41H84O23. The van der Waals surface area contributed by atoms with E-state index in [1.165, 1.54) is 14.0 Å². The van der Waals surface area contributed by atoms with Crippen molar-refractivity contribution in [2.24, 2.45) is 11.3 Å². The number of aliphatic hydroxyl groups excluding tert-OH is 11. The zero-order valence-electron chi connectivity index (χ0n) is 37.6. The van der Waals surface area contributed by atoms with Crippen LogP contribution in [0, 0.1) is 11.3 Å². The van der Waals surface area contributed by atoms with Crippen LogP contribution >= 0.6 is 0 Å². The summed E-state index contributed by atoms with van der Waals surface area (Å²) in [6.07, 6.45) is -8.28. The van der Waals surface area contributed by atoms with E-state index in [-0.39, 0.29) is 80.6 Å². The van der Waals surface area contributed by atoms with Gasteiger partial charge in [-0.05, 0) is 50.9 Å². The van der Waals surface area contributed by atoms with E-state index in [0.29, 0.717) is 26.1 Å². The molecule has 5 saturated heterocycles. The molecule has 6 rings (SSSR count). The van der Waals surface area contributed by atoms with Gasteiger partial charge in [0.2, 0.25) is 0 Å². The third-order valence-corrected chi connectivity index (χ3v) is 11.2. The summed E-state index contributed by atoms with van der Waals surface area (Å²) in [4.78, 5) is 10.5. The molecule has 1 saturated carbocycles. The number of rotatable bonds is 7. The fraction of sp³-hybridized carbons (Fsp3) is 0.976. The lowest BCUT2D eigenvalue weighted by atomic mass is 9.67. The molecule has 0 bridgehead atoms. The molecule has 0 spiro atoms. The van der Waals surface area contributed by atoms with Crippen molar-refractivity contribution in [1.29, 1.82) is 0 Å². The van der Waals surface area contributed by atoms with E-state index >= 15 is 0 Å². The van der Waals surface area contributed by atoms with Gasteiger partial charge in [-0.3, -0.25) is 4.79 Å². The minimum atomic E-state index is -1.28. The minimum Gasteiger partial charge on any atom is -0.463 e. The van der Waals surface area contributed by atoms with Crippen LogP contribution in [0.5, 0.6) is 0 Å². The van der Waals surface area contributed by atoms with Crippen molar-refractivity contribution in [3.05, 3.63) is 0 Å². The van der Waals surface area contributed by atoms with Crippen LogP contribution in [0.1, 0.15) is 80.1 Å². The van der Waals surface area contributed by atoms with E-state index in [9.17, 15) is 35.4 Å². The Labute approximate surface area is 376 Å². The number of methoxy groups -OCH3 is 2. The van der Waals surface area contributed by atoms with Crippen molar-refractivity contribution in [2.75, 3.05) is 61.0 Å². The highest BCUT2D eigenvalue weighted by Crippen LogP contribution is 2.45. The number of carbonyl (C=O) groups excluding carboxylic acids is 1. The van der Waals surface area contributed by atoms with Crippen LogP contribution in [0.15, 0.2) is 0 Å². The third-order valence-electron chi connectivity index (χ3n) is 11.2. The molecule has 6 aliphatic rings. The molecular weight excluding hydrogens is 860 g/mol. The largest absolute Gasteiger partial charge is 0.463 e. The van der Waals surface area contributed by atoms with E-state index < -0.39 is 85.7 Å². The van der Waals surface area contributed by atoms with Gasteiger partial charge in [-0.25, -0.2) is 0 Å². The summed E-state index contributed by atoms with van der Waals surface area (Å²) < 4.78 is 46.3. The van der Waals surface area contributed by atoms with Crippen molar-refractivity contribution < 1.29 is 115 Å². The predicted molar refractivity (Wildman–Crippen MR) is 225 cm³/mol. The van der Waals surface area contributed by atoms with Gasteiger partial charge in [0.05, 0.1) is 75.3 Å². The molecule has 1 aliphatic carbocycles. The van der Waals surface area contributed by atoms with Crippen LogP contribution in [0.2, 0.25) is 0 Å². The Morgan fingerprint density at radius 1 is 0.703 bits per heavy atom. The second-order valence-corrected chi connectivity index (χ2v) is 17.0. The van der Waals surface area contributed by atoms with Crippen molar-refractivity contribution in [2.45, 2.75) is 184 Å². The summed E-state index contributed by atoms with van der Waals surface area (Å²) in [6, 6.07) is 0.